The van der Waals surface area contributed by atoms with Crippen LogP contribution in [0.25, 0.3) is 0 Å². The Morgan fingerprint density at radius 2 is 2.30 bits per heavy atom. The largest absolute Gasteiger partial charge is 0.326 e. The van der Waals surface area contributed by atoms with Crippen molar-refractivity contribution in [3.8, 4) is 0 Å². The van der Waals surface area contributed by atoms with E-state index in [4.69, 9.17) is 11.6 Å². The molecule has 2 N–H and O–H groups in total. The normalized spacial score (nSPS) is 15.4. The maximum absolute atomic E-state index is 12.2. The van der Waals surface area contributed by atoms with Gasteiger partial charge < -0.3 is 10.6 Å². The molecule has 3 rings (SSSR count). The van der Waals surface area contributed by atoms with Crippen LogP contribution in [0.15, 0.2) is 32.9 Å². The molecule has 0 aliphatic carbocycles. The molecule has 1 aromatic heterocycles. The summed E-state index contributed by atoms with van der Waals surface area (Å²) in [5.74, 6) is 0.449. The van der Waals surface area contributed by atoms with E-state index in [1.807, 2.05) is 19.1 Å². The molecule has 1 fully saturated rings. The number of benzene rings is 1. The summed E-state index contributed by atoms with van der Waals surface area (Å²) in [5.41, 5.74) is 2.40. The van der Waals surface area contributed by atoms with E-state index in [2.05, 4.69) is 20.8 Å². The van der Waals surface area contributed by atoms with Crippen molar-refractivity contribution in [2.75, 3.05) is 18.4 Å². The molecule has 5 nitrogen and oxygen atoms in total. The number of nitrogens with zero attached hydrogens (tertiary/aromatic N) is 2. The molecule has 1 aliphatic rings. The number of carbonyl (C=O) groups excluding carboxylic acids is 1. The van der Waals surface area contributed by atoms with Gasteiger partial charge in [0.15, 0.2) is 4.34 Å². The van der Waals surface area contributed by atoms with Gasteiger partial charge in [0, 0.05) is 16.5 Å². The van der Waals surface area contributed by atoms with Crippen molar-refractivity contribution >= 4 is 58.7 Å². The fourth-order valence-electron chi connectivity index (χ4n) is 2.10. The third kappa shape index (κ3) is 4.58. The SMILES string of the molecule is CC(C(=O)Nc1ccc(Sc2nncs2)c(Cl)c1)C1CNC1.Cl. The Morgan fingerprint density at radius 1 is 1.52 bits per heavy atom. The van der Waals surface area contributed by atoms with Gasteiger partial charge in [-0.1, -0.05) is 41.6 Å². The van der Waals surface area contributed by atoms with Crippen LogP contribution >= 0.6 is 47.1 Å². The van der Waals surface area contributed by atoms with Crippen LogP contribution in [-0.4, -0.2) is 29.2 Å². The highest BCUT2D eigenvalue weighted by Crippen LogP contribution is 2.35. The number of halogens is 2. The fraction of sp³-hybridized carbons (Fsp3) is 0.357. The standard InChI is InChI=1S/C14H15ClN4OS2.ClH/c1-8(9-5-16-6-9)13(20)18-10-2-3-12(11(15)4-10)22-14-19-17-7-21-14;/h2-4,7-9,16H,5-6H2,1H3,(H,18,20);1H. The molecule has 0 radical (unpaired) electrons. The van der Waals surface area contributed by atoms with Crippen LogP contribution < -0.4 is 10.6 Å². The molecule has 2 aromatic rings. The zero-order chi connectivity index (χ0) is 15.5. The second-order valence-corrected chi connectivity index (χ2v) is 7.68. The van der Waals surface area contributed by atoms with Crippen molar-refractivity contribution in [3.63, 3.8) is 0 Å². The Morgan fingerprint density at radius 3 is 2.87 bits per heavy atom. The second-order valence-electron chi connectivity index (χ2n) is 5.15. The molecule has 1 saturated heterocycles. The minimum Gasteiger partial charge on any atom is -0.326 e. The van der Waals surface area contributed by atoms with Crippen LogP contribution in [0.2, 0.25) is 5.02 Å². The number of hydrogen-bond donors (Lipinski definition) is 2. The lowest BCUT2D eigenvalue weighted by atomic mass is 9.88. The second kappa shape index (κ2) is 8.30. The molecule has 9 heteroatoms. The first kappa shape index (κ1) is 18.5. The first-order valence-corrected chi connectivity index (χ1v) is 8.96. The number of rotatable bonds is 5. The summed E-state index contributed by atoms with van der Waals surface area (Å²) in [4.78, 5) is 13.1. The molecule has 1 aromatic carbocycles. The summed E-state index contributed by atoms with van der Waals surface area (Å²) in [6, 6.07) is 5.52. The van der Waals surface area contributed by atoms with Gasteiger partial charge in [-0.25, -0.2) is 0 Å². The number of carbonyl (C=O) groups is 1. The molecule has 1 unspecified atom stereocenters. The van der Waals surface area contributed by atoms with Gasteiger partial charge in [-0.15, -0.1) is 22.6 Å². The maximum atomic E-state index is 12.2. The smallest absolute Gasteiger partial charge is 0.227 e. The Balaban J connectivity index is 0.00000192. The number of amides is 1. The molecule has 0 bridgehead atoms. The topological polar surface area (TPSA) is 66.9 Å². The summed E-state index contributed by atoms with van der Waals surface area (Å²) in [7, 11) is 0. The molecular formula is C14H16Cl2N4OS2. The van der Waals surface area contributed by atoms with Crippen LogP contribution in [0.3, 0.4) is 0 Å². The first-order valence-electron chi connectivity index (χ1n) is 6.88. The Kier molecular flexibility index (Phi) is 6.67. The van der Waals surface area contributed by atoms with E-state index in [0.717, 1.165) is 28.0 Å². The average molecular weight is 391 g/mol. The van der Waals surface area contributed by atoms with E-state index >= 15 is 0 Å². The van der Waals surface area contributed by atoms with Gasteiger partial charge in [0.1, 0.15) is 5.51 Å². The van der Waals surface area contributed by atoms with E-state index in [1.54, 1.807) is 11.6 Å². The minimum absolute atomic E-state index is 0. The molecule has 1 aliphatic heterocycles. The van der Waals surface area contributed by atoms with Crippen LogP contribution in [0, 0.1) is 11.8 Å². The molecule has 0 spiro atoms. The number of anilines is 1. The van der Waals surface area contributed by atoms with E-state index in [9.17, 15) is 4.79 Å². The molecule has 124 valence electrons. The van der Waals surface area contributed by atoms with E-state index in [1.165, 1.54) is 23.1 Å². The number of hydrogen-bond acceptors (Lipinski definition) is 6. The molecule has 1 atom stereocenters. The van der Waals surface area contributed by atoms with Gasteiger partial charge in [-0.2, -0.15) is 0 Å². The van der Waals surface area contributed by atoms with Gasteiger partial charge in [0.25, 0.3) is 0 Å². The summed E-state index contributed by atoms with van der Waals surface area (Å²) < 4.78 is 0.838. The van der Waals surface area contributed by atoms with Gasteiger partial charge in [-0.3, -0.25) is 4.79 Å². The highest BCUT2D eigenvalue weighted by molar-refractivity contribution is 8.01. The number of aromatic nitrogens is 2. The summed E-state index contributed by atoms with van der Waals surface area (Å²) >= 11 is 9.21. The lowest BCUT2D eigenvalue weighted by Crippen LogP contribution is -2.48. The van der Waals surface area contributed by atoms with E-state index in [-0.39, 0.29) is 24.2 Å². The predicted octanol–water partition coefficient (Wildman–Crippen LogP) is 3.56. The van der Waals surface area contributed by atoms with Gasteiger partial charge >= 0.3 is 0 Å². The summed E-state index contributed by atoms with van der Waals surface area (Å²) in [6.45, 7) is 3.78. The zero-order valence-electron chi connectivity index (χ0n) is 12.3. The Hall–Kier alpha value is -0.860. The monoisotopic (exact) mass is 390 g/mol. The van der Waals surface area contributed by atoms with Gasteiger partial charge in [0.2, 0.25) is 5.91 Å². The van der Waals surface area contributed by atoms with Crippen molar-refractivity contribution in [1.82, 2.24) is 15.5 Å². The lowest BCUT2D eigenvalue weighted by Gasteiger charge is -2.31. The average Bonchev–Trinajstić information content (AvgIpc) is 2.93. The van der Waals surface area contributed by atoms with Crippen molar-refractivity contribution in [1.29, 1.82) is 0 Å². The van der Waals surface area contributed by atoms with Crippen LogP contribution in [0.1, 0.15) is 6.92 Å². The molecule has 0 saturated carbocycles. The Labute approximate surface area is 154 Å². The van der Waals surface area contributed by atoms with Crippen LogP contribution in [0.5, 0.6) is 0 Å². The van der Waals surface area contributed by atoms with Crippen LogP contribution in [-0.2, 0) is 4.79 Å². The van der Waals surface area contributed by atoms with Crippen LogP contribution in [0.4, 0.5) is 5.69 Å². The van der Waals surface area contributed by atoms with Crippen molar-refractivity contribution in [2.24, 2.45) is 11.8 Å². The zero-order valence-corrected chi connectivity index (χ0v) is 15.5. The molecule has 23 heavy (non-hydrogen) atoms. The highest BCUT2D eigenvalue weighted by atomic mass is 35.5. The molecule has 2 heterocycles. The lowest BCUT2D eigenvalue weighted by molar-refractivity contribution is -0.121. The van der Waals surface area contributed by atoms with Gasteiger partial charge in [-0.05, 0) is 37.2 Å². The van der Waals surface area contributed by atoms with Crippen molar-refractivity contribution < 1.29 is 4.79 Å². The fourth-order valence-corrected chi connectivity index (χ4v) is 3.83. The summed E-state index contributed by atoms with van der Waals surface area (Å²) in [5, 5.41) is 14.5. The summed E-state index contributed by atoms with van der Waals surface area (Å²) in [6.07, 6.45) is 0. The highest BCUT2D eigenvalue weighted by Gasteiger charge is 2.28. The van der Waals surface area contributed by atoms with Gasteiger partial charge in [0.05, 0.1) is 5.02 Å². The quantitative estimate of drug-likeness (QED) is 0.816. The third-order valence-corrected chi connectivity index (χ3v) is 5.95. The first-order chi connectivity index (χ1) is 10.6. The molecular weight excluding hydrogens is 375 g/mol. The number of nitrogens with one attached hydrogen (secondary N) is 2. The van der Waals surface area contributed by atoms with E-state index in [0.29, 0.717) is 10.9 Å². The maximum Gasteiger partial charge on any atom is 0.227 e. The Bertz CT molecular complexity index is 665. The molecule has 1 amide bonds. The van der Waals surface area contributed by atoms with Crippen molar-refractivity contribution in [2.45, 2.75) is 16.2 Å². The predicted molar refractivity (Wildman–Crippen MR) is 96.9 cm³/mol. The minimum atomic E-state index is -0.00419. The van der Waals surface area contributed by atoms with E-state index < -0.39 is 0 Å². The van der Waals surface area contributed by atoms with Crippen molar-refractivity contribution in [3.05, 3.63) is 28.7 Å². The third-order valence-electron chi connectivity index (χ3n) is 3.67.